The van der Waals surface area contributed by atoms with Gasteiger partial charge >= 0.3 is 207 Å². The van der Waals surface area contributed by atoms with Gasteiger partial charge in [-0.2, -0.15) is 0 Å². The average molecular weight is 686 g/mol. The third-order valence-electron chi connectivity index (χ3n) is 8.05. The van der Waals surface area contributed by atoms with Crippen molar-refractivity contribution in [3.63, 3.8) is 0 Å². The smallest absolute Gasteiger partial charge is 1.00 e. The van der Waals surface area contributed by atoms with Crippen LogP contribution in [0, 0.1) is 17.8 Å². The number of halogens is 2. The minimum Gasteiger partial charge on any atom is -1.00 e. The van der Waals surface area contributed by atoms with Crippen LogP contribution in [0.3, 0.4) is 0 Å². The van der Waals surface area contributed by atoms with E-state index in [1.165, 1.54) is 40.8 Å². The number of amides is 1. The molecule has 0 aromatic heterocycles. The Kier molecular flexibility index (Phi) is 8.91. The fourth-order valence-corrected chi connectivity index (χ4v) is 35.7. The summed E-state index contributed by atoms with van der Waals surface area (Å²) in [6.07, 6.45) is 9.73. The predicted octanol–water partition coefficient (Wildman–Crippen LogP) is -1.61. The first-order chi connectivity index (χ1) is 16.3. The van der Waals surface area contributed by atoms with Crippen LogP contribution in [0.2, 0.25) is 0 Å². The second-order valence-corrected chi connectivity index (χ2v) is 29.9. The minimum atomic E-state index is -2.78. The van der Waals surface area contributed by atoms with Crippen molar-refractivity contribution in [2.45, 2.75) is 29.4 Å². The molecule has 3 aliphatic carbocycles. The summed E-state index contributed by atoms with van der Waals surface area (Å²) in [6.45, 7) is 0. The SMILES string of the molecule is O=C([NH][Hf+2]([CH]1C=Cc2ccccc21)[SiH](c1ccccc1)c1ccccc1)C1CC2CCC1C2.[Cl-].[Cl-]. The molecule has 3 aromatic rings. The molecule has 35 heavy (non-hydrogen) atoms. The van der Waals surface area contributed by atoms with Crippen LogP contribution in [-0.4, -0.2) is 11.9 Å². The van der Waals surface area contributed by atoms with Crippen molar-refractivity contribution in [2.75, 3.05) is 0 Å². The quantitative estimate of drug-likeness (QED) is 0.311. The summed E-state index contributed by atoms with van der Waals surface area (Å²) in [5.74, 6) is 0.507. The van der Waals surface area contributed by atoms with Crippen molar-refractivity contribution >= 4 is 28.3 Å². The Morgan fingerprint density at radius 3 is 2.03 bits per heavy atom. The summed E-state index contributed by atoms with van der Waals surface area (Å²) in [6, 6.07) is 31.1. The van der Waals surface area contributed by atoms with Crippen LogP contribution >= 0.6 is 0 Å². The van der Waals surface area contributed by atoms with Crippen LogP contribution in [0.25, 0.3) is 6.08 Å². The van der Waals surface area contributed by atoms with E-state index in [9.17, 15) is 4.79 Å². The zero-order chi connectivity index (χ0) is 22.2. The summed E-state index contributed by atoms with van der Waals surface area (Å²) in [5, 5.41) is 2.97. The number of benzene rings is 3. The van der Waals surface area contributed by atoms with Crippen molar-refractivity contribution in [3.8, 4) is 0 Å². The molecule has 4 unspecified atom stereocenters. The van der Waals surface area contributed by atoms with E-state index >= 15 is 0 Å². The predicted molar refractivity (Wildman–Crippen MR) is 135 cm³/mol. The van der Waals surface area contributed by atoms with E-state index < -0.39 is 26.9 Å². The van der Waals surface area contributed by atoms with Gasteiger partial charge in [-0.1, -0.05) is 0 Å². The third kappa shape index (κ3) is 5.32. The van der Waals surface area contributed by atoms with Crippen molar-refractivity contribution < 1.29 is 50.5 Å². The Labute approximate surface area is 229 Å². The first-order valence-corrected chi connectivity index (χ1v) is 24.1. The van der Waals surface area contributed by atoms with Gasteiger partial charge in [0.15, 0.2) is 0 Å². The minimum absolute atomic E-state index is 0. The van der Waals surface area contributed by atoms with Gasteiger partial charge in [0.1, 0.15) is 0 Å². The second kappa shape index (κ2) is 11.7. The molecule has 3 aromatic carbocycles. The first-order valence-electron chi connectivity index (χ1n) is 12.3. The molecule has 4 atom stereocenters. The maximum absolute atomic E-state index is 13.8. The van der Waals surface area contributed by atoms with E-state index in [0.717, 1.165) is 12.3 Å². The van der Waals surface area contributed by atoms with Gasteiger partial charge < -0.3 is 24.8 Å². The van der Waals surface area contributed by atoms with Gasteiger partial charge in [-0.3, -0.25) is 0 Å². The summed E-state index contributed by atoms with van der Waals surface area (Å²) in [4.78, 5) is 13.8. The van der Waals surface area contributed by atoms with Crippen LogP contribution in [0.1, 0.15) is 40.5 Å². The molecule has 2 nitrogen and oxygen atoms in total. The standard InChI is InChI=1S/C12H11Si.C9H7.C8H13NO.2ClH.Hf/c1-3-7-11(8-4-1)13-12-9-5-2-6-10-12;1-2-5-9-7-3-6-8(9)4-1;9-8(10)7-4-5-1-2-6(7)3-5;;;/h1-10,13H;1-7H;5-7H,1-4H2,(H2,9,10);2*1H;/q;;;;;+3/p-3. The maximum Gasteiger partial charge on any atom is -1.00 e. The Morgan fingerprint density at radius 1 is 0.800 bits per heavy atom. The van der Waals surface area contributed by atoms with Gasteiger partial charge in [-0.15, -0.1) is 0 Å². The monoisotopic (exact) mass is 686 g/mol. The summed E-state index contributed by atoms with van der Waals surface area (Å²) in [5.41, 5.74) is 2.78. The fraction of sp³-hybridized carbons (Fsp3) is 0.276. The van der Waals surface area contributed by atoms with E-state index in [4.69, 9.17) is 0 Å². The molecule has 0 heterocycles. The number of rotatable bonds is 6. The zero-order valence-electron chi connectivity index (χ0n) is 19.6. The van der Waals surface area contributed by atoms with E-state index in [-0.39, 0.29) is 30.7 Å². The Hall–Kier alpha value is -1.46. The van der Waals surface area contributed by atoms with Gasteiger partial charge in [-0.25, -0.2) is 0 Å². The number of hydrogen-bond acceptors (Lipinski definition) is 1. The molecule has 6 heteroatoms. The van der Waals surface area contributed by atoms with Gasteiger partial charge in [-0.05, 0) is 0 Å². The topological polar surface area (TPSA) is 29.1 Å². The molecular weight excluding hydrogens is 656 g/mol. The van der Waals surface area contributed by atoms with Crippen molar-refractivity contribution in [2.24, 2.45) is 17.8 Å². The summed E-state index contributed by atoms with van der Waals surface area (Å²) < 4.78 is 4.33. The summed E-state index contributed by atoms with van der Waals surface area (Å²) in [7, 11) is 0. The molecular formula is C29H30Cl2HfNOSi. The number of fused-ring (bicyclic) bond motifs is 3. The zero-order valence-corrected chi connectivity index (χ0v) is 25.9. The van der Waals surface area contributed by atoms with Crippen LogP contribution in [0.15, 0.2) is 91.0 Å². The maximum atomic E-state index is 13.8. The van der Waals surface area contributed by atoms with Gasteiger partial charge in [0.25, 0.3) is 0 Å². The fourth-order valence-electron chi connectivity index (χ4n) is 6.49. The number of hydrogen-bond donors (Lipinski definition) is 1. The van der Waals surface area contributed by atoms with E-state index in [1.54, 1.807) is 0 Å². The van der Waals surface area contributed by atoms with Crippen LogP contribution in [-0.2, 0) is 25.7 Å². The number of carbonyl (C=O) groups is 1. The molecule has 1 amide bonds. The Bertz CT molecular complexity index is 1140. The van der Waals surface area contributed by atoms with Crippen LogP contribution < -0.4 is 38.5 Å². The Morgan fingerprint density at radius 2 is 1.43 bits per heavy atom. The number of carbonyl (C=O) groups excluding carboxylic acids is 1. The number of nitrogens with one attached hydrogen (secondary N) is 1. The molecule has 179 valence electrons. The molecule has 0 spiro atoms. The molecule has 0 saturated heterocycles. The molecule has 0 radical (unpaired) electrons. The number of allylic oxidation sites excluding steroid dienone is 1. The van der Waals surface area contributed by atoms with Crippen molar-refractivity contribution in [1.29, 1.82) is 0 Å². The normalized spacial score (nSPS) is 23.3. The Balaban J connectivity index is 0.00000144. The van der Waals surface area contributed by atoms with Gasteiger partial charge in [0.05, 0.1) is 0 Å². The van der Waals surface area contributed by atoms with Crippen molar-refractivity contribution in [1.82, 2.24) is 3.30 Å². The largest absolute Gasteiger partial charge is 1.00 e. The molecule has 0 aliphatic heterocycles. The van der Waals surface area contributed by atoms with E-state index in [1.807, 2.05) is 0 Å². The van der Waals surface area contributed by atoms with Crippen LogP contribution in [0.4, 0.5) is 0 Å². The molecule has 1 N–H and O–H groups in total. The summed E-state index contributed by atoms with van der Waals surface area (Å²) >= 11 is -2.78. The average Bonchev–Trinajstić information content (AvgIpc) is 3.61. The first kappa shape index (κ1) is 26.6. The van der Waals surface area contributed by atoms with E-state index in [0.29, 0.717) is 15.5 Å². The van der Waals surface area contributed by atoms with Crippen molar-refractivity contribution in [3.05, 3.63) is 102 Å². The van der Waals surface area contributed by atoms with E-state index in [2.05, 4.69) is 100 Å². The molecule has 3 aliphatic rings. The molecule has 2 fully saturated rings. The molecule has 2 bridgehead atoms. The van der Waals surface area contributed by atoms with Gasteiger partial charge in [0, 0.05) is 0 Å². The van der Waals surface area contributed by atoms with Gasteiger partial charge in [0.2, 0.25) is 0 Å². The third-order valence-corrected chi connectivity index (χ3v) is 34.9. The molecule has 2 saturated carbocycles. The second-order valence-electron chi connectivity index (χ2n) is 9.95. The van der Waals surface area contributed by atoms with Crippen LogP contribution in [0.5, 0.6) is 0 Å². The molecule has 6 rings (SSSR count).